The van der Waals surface area contributed by atoms with Gasteiger partial charge in [0.1, 0.15) is 5.82 Å². The van der Waals surface area contributed by atoms with Gasteiger partial charge in [0.05, 0.1) is 6.04 Å². The average Bonchev–Trinajstić information content (AvgIpc) is 2.70. The van der Waals surface area contributed by atoms with Gasteiger partial charge in [-0.2, -0.15) is 0 Å². The van der Waals surface area contributed by atoms with Gasteiger partial charge in [-0.25, -0.2) is 4.39 Å². The van der Waals surface area contributed by atoms with Crippen molar-refractivity contribution in [2.75, 3.05) is 0 Å². The molecule has 1 fully saturated rings. The van der Waals surface area contributed by atoms with Crippen LogP contribution in [0.3, 0.4) is 0 Å². The fourth-order valence-electron chi connectivity index (χ4n) is 3.30. The lowest BCUT2D eigenvalue weighted by atomic mass is 9.97. The van der Waals surface area contributed by atoms with E-state index in [2.05, 4.69) is 25.1 Å². The van der Waals surface area contributed by atoms with Crippen molar-refractivity contribution in [3.05, 3.63) is 65.8 Å². The van der Waals surface area contributed by atoms with Crippen molar-refractivity contribution in [2.24, 2.45) is 0 Å². The second-order valence-corrected chi connectivity index (χ2v) is 6.50. The fraction of sp³-hybridized carbons (Fsp3) is 0.316. The van der Waals surface area contributed by atoms with Crippen LogP contribution in [0.15, 0.2) is 43.3 Å². The number of nitrogens with one attached hydrogen (secondary N) is 1. The number of allylic oxidation sites excluding steroid dienone is 1. The average molecular weight is 312 g/mol. The zero-order valence-electron chi connectivity index (χ0n) is 13.6. The van der Waals surface area contributed by atoms with Crippen LogP contribution in [0.5, 0.6) is 0 Å². The summed E-state index contributed by atoms with van der Waals surface area (Å²) in [4.78, 5) is 14.5. The molecule has 1 aromatic rings. The van der Waals surface area contributed by atoms with Crippen LogP contribution in [0.4, 0.5) is 4.39 Å². The molecule has 3 rings (SSSR count). The van der Waals surface area contributed by atoms with E-state index >= 15 is 0 Å². The third-order valence-corrected chi connectivity index (χ3v) is 4.58. The van der Waals surface area contributed by atoms with E-state index in [9.17, 15) is 9.18 Å². The molecule has 0 bridgehead atoms. The van der Waals surface area contributed by atoms with Crippen LogP contribution in [0.25, 0.3) is 5.70 Å². The first-order valence-electron chi connectivity index (χ1n) is 7.81. The summed E-state index contributed by atoms with van der Waals surface area (Å²) < 4.78 is 14.3. The monoisotopic (exact) mass is 312 g/mol. The summed E-state index contributed by atoms with van der Waals surface area (Å²) >= 11 is 0. The highest BCUT2D eigenvalue weighted by Gasteiger charge is 2.39. The summed E-state index contributed by atoms with van der Waals surface area (Å²) in [6.45, 7) is 15.7. The Kier molecular flexibility index (Phi) is 3.63. The predicted octanol–water partition coefficient (Wildman–Crippen LogP) is 4.16. The predicted molar refractivity (Wildman–Crippen MR) is 90.1 cm³/mol. The van der Waals surface area contributed by atoms with Crippen LogP contribution >= 0.6 is 0 Å². The highest BCUT2D eigenvalue weighted by Crippen LogP contribution is 2.39. The highest BCUT2D eigenvalue weighted by atomic mass is 19.1. The van der Waals surface area contributed by atoms with Crippen molar-refractivity contribution < 1.29 is 9.18 Å². The highest BCUT2D eigenvalue weighted by molar-refractivity contribution is 6.09. The van der Waals surface area contributed by atoms with Crippen LogP contribution in [0.2, 0.25) is 0 Å². The van der Waals surface area contributed by atoms with Crippen LogP contribution < -0.4 is 5.32 Å². The normalized spacial score (nSPS) is 21.0. The molecule has 120 valence electrons. The molecule has 3 nitrogen and oxygen atoms in total. The summed E-state index contributed by atoms with van der Waals surface area (Å²) in [6, 6.07) is 2.92. The molecular formula is C19H21FN2O. The number of carbonyl (C=O) groups is 1. The number of piperidine rings is 1. The zero-order valence-corrected chi connectivity index (χ0v) is 13.6. The van der Waals surface area contributed by atoms with Gasteiger partial charge >= 0.3 is 0 Å². The van der Waals surface area contributed by atoms with E-state index in [1.165, 1.54) is 6.07 Å². The number of hydrogen-bond donors (Lipinski definition) is 1. The van der Waals surface area contributed by atoms with Gasteiger partial charge in [0, 0.05) is 28.2 Å². The molecule has 2 heterocycles. The van der Waals surface area contributed by atoms with Crippen LogP contribution in [0.1, 0.15) is 54.1 Å². The first kappa shape index (κ1) is 15.5. The number of carbonyl (C=O) groups excluding carboxylic acids is 1. The quantitative estimate of drug-likeness (QED) is 0.889. The van der Waals surface area contributed by atoms with Gasteiger partial charge in [-0.15, -0.1) is 0 Å². The number of benzene rings is 1. The third kappa shape index (κ3) is 2.38. The maximum atomic E-state index is 14.3. The Morgan fingerprint density at radius 2 is 1.96 bits per heavy atom. The van der Waals surface area contributed by atoms with Gasteiger partial charge in [0.2, 0.25) is 0 Å². The van der Waals surface area contributed by atoms with Gasteiger partial charge in [0.15, 0.2) is 0 Å². The van der Waals surface area contributed by atoms with E-state index in [1.54, 1.807) is 11.0 Å². The van der Waals surface area contributed by atoms with Crippen molar-refractivity contribution in [3.8, 4) is 0 Å². The Labute approximate surface area is 136 Å². The molecule has 1 aromatic carbocycles. The molecule has 0 aliphatic carbocycles. The molecule has 1 atom stereocenters. The molecule has 2 aliphatic heterocycles. The largest absolute Gasteiger partial charge is 0.362 e. The number of amides is 1. The molecule has 0 spiro atoms. The molecule has 2 aliphatic rings. The minimum atomic E-state index is -0.288. The number of fused-ring (bicyclic) bond motifs is 1. The van der Waals surface area contributed by atoms with Gasteiger partial charge < -0.3 is 5.32 Å². The molecular weight excluding hydrogens is 291 g/mol. The van der Waals surface area contributed by atoms with Gasteiger partial charge in [-0.3, -0.25) is 9.69 Å². The molecule has 1 N–H and O–H groups in total. The lowest BCUT2D eigenvalue weighted by Gasteiger charge is -2.35. The van der Waals surface area contributed by atoms with Crippen molar-refractivity contribution in [2.45, 2.75) is 38.6 Å². The smallest absolute Gasteiger partial charge is 0.259 e. The van der Waals surface area contributed by atoms with E-state index < -0.39 is 0 Å². The molecule has 0 radical (unpaired) electrons. The molecule has 23 heavy (non-hydrogen) atoms. The third-order valence-electron chi connectivity index (χ3n) is 4.58. The standard InChI is InChI=1S/C19H21FN2O/c1-10(2)14-8-16-15(9-17(14)20)13(5)22(19(16)23)18-7-6-11(3)21-12(18)4/h8-10,18,21H,3-7H2,1-2H3. The van der Waals surface area contributed by atoms with Gasteiger partial charge in [-0.1, -0.05) is 33.6 Å². The summed E-state index contributed by atoms with van der Waals surface area (Å²) in [5.74, 6) is -0.402. The van der Waals surface area contributed by atoms with Crippen LogP contribution in [0, 0.1) is 5.82 Å². The van der Waals surface area contributed by atoms with Crippen molar-refractivity contribution in [3.63, 3.8) is 0 Å². The lowest BCUT2D eigenvalue weighted by molar-refractivity contribution is 0.0809. The van der Waals surface area contributed by atoms with Gasteiger partial charge in [-0.05, 0) is 36.5 Å². The van der Waals surface area contributed by atoms with Crippen molar-refractivity contribution >= 4 is 11.6 Å². The van der Waals surface area contributed by atoms with E-state index in [1.807, 2.05) is 13.8 Å². The Bertz CT molecular complexity index is 748. The lowest BCUT2D eigenvalue weighted by Crippen LogP contribution is -2.42. The maximum absolute atomic E-state index is 14.3. The topological polar surface area (TPSA) is 32.3 Å². The second kappa shape index (κ2) is 5.37. The molecule has 0 saturated carbocycles. The van der Waals surface area contributed by atoms with E-state index in [0.717, 1.165) is 24.2 Å². The van der Waals surface area contributed by atoms with Crippen molar-refractivity contribution in [1.29, 1.82) is 0 Å². The molecule has 4 heteroatoms. The zero-order chi connectivity index (χ0) is 16.9. The Balaban J connectivity index is 2.01. The van der Waals surface area contributed by atoms with Crippen molar-refractivity contribution in [1.82, 2.24) is 10.2 Å². The van der Waals surface area contributed by atoms with Crippen LogP contribution in [-0.4, -0.2) is 16.8 Å². The first-order valence-corrected chi connectivity index (χ1v) is 7.81. The summed E-state index contributed by atoms with van der Waals surface area (Å²) in [6.07, 6.45) is 1.51. The summed E-state index contributed by atoms with van der Waals surface area (Å²) in [7, 11) is 0. The number of hydrogen-bond acceptors (Lipinski definition) is 2. The number of halogens is 1. The second-order valence-electron chi connectivity index (χ2n) is 6.50. The molecule has 1 unspecified atom stereocenters. The first-order chi connectivity index (χ1) is 10.8. The maximum Gasteiger partial charge on any atom is 0.259 e. The molecule has 1 amide bonds. The van der Waals surface area contributed by atoms with E-state index in [0.29, 0.717) is 22.4 Å². The number of rotatable bonds is 2. The Morgan fingerprint density at radius 1 is 1.26 bits per heavy atom. The van der Waals surface area contributed by atoms with E-state index in [4.69, 9.17) is 0 Å². The summed E-state index contributed by atoms with van der Waals surface area (Å²) in [5, 5.41) is 3.12. The minimum absolute atomic E-state index is 0.0186. The fourth-order valence-corrected chi connectivity index (χ4v) is 3.30. The number of nitrogens with zero attached hydrogens (tertiary/aromatic N) is 1. The minimum Gasteiger partial charge on any atom is -0.362 e. The molecule has 1 saturated heterocycles. The summed E-state index contributed by atoms with van der Waals surface area (Å²) in [5.41, 5.74) is 3.83. The SMILES string of the molecule is C=C1CCC(N2C(=C)c3cc(F)c(C(C)C)cc3C2=O)C(=C)N1. The van der Waals surface area contributed by atoms with Gasteiger partial charge in [0.25, 0.3) is 5.91 Å². The molecule has 0 aromatic heterocycles. The van der Waals surface area contributed by atoms with Crippen LogP contribution in [-0.2, 0) is 0 Å². The Morgan fingerprint density at radius 3 is 2.57 bits per heavy atom. The Hall–Kier alpha value is -2.36. The van der Waals surface area contributed by atoms with E-state index in [-0.39, 0.29) is 23.7 Å².